The standard InChI is InChI=1S/C25H29ClO6/c1-25(24(30)22(29)21(28)19(12-27)32-25)18-11-16(20(26)23-17(18)8-9-31-23)10-13-2-4-14(5-3-13)15-6-7-15/h2-5,11,15,19,21-22,24,27-30H,6-10,12H2,1H3/t19-,21-,22+,24-,25?/m1/s1. The number of rotatable bonds is 5. The highest BCUT2D eigenvalue weighted by Gasteiger charge is 2.53. The third-order valence-electron chi connectivity index (χ3n) is 7.15. The van der Waals surface area contributed by atoms with Crippen LogP contribution in [-0.2, 0) is 23.2 Å². The lowest BCUT2D eigenvalue weighted by Gasteiger charge is -2.47. The van der Waals surface area contributed by atoms with E-state index < -0.39 is 36.6 Å². The largest absolute Gasteiger partial charge is 0.491 e. The first-order chi connectivity index (χ1) is 15.3. The lowest BCUT2D eigenvalue weighted by atomic mass is 9.78. The summed E-state index contributed by atoms with van der Waals surface area (Å²) in [6, 6.07) is 10.5. The molecule has 1 saturated heterocycles. The van der Waals surface area contributed by atoms with E-state index in [1.807, 2.05) is 6.07 Å². The summed E-state index contributed by atoms with van der Waals surface area (Å²) >= 11 is 6.74. The summed E-state index contributed by atoms with van der Waals surface area (Å²) in [6.07, 6.45) is -1.58. The molecule has 1 saturated carbocycles. The van der Waals surface area contributed by atoms with Crippen LogP contribution in [0.1, 0.15) is 53.5 Å². The highest BCUT2D eigenvalue weighted by atomic mass is 35.5. The average molecular weight is 461 g/mol. The fraction of sp³-hybridized carbons (Fsp3) is 0.520. The van der Waals surface area contributed by atoms with Gasteiger partial charge >= 0.3 is 0 Å². The van der Waals surface area contributed by atoms with Crippen molar-refractivity contribution in [2.45, 2.75) is 68.5 Å². The molecular weight excluding hydrogens is 432 g/mol. The predicted octanol–water partition coefficient (Wildman–Crippen LogP) is 2.43. The molecular formula is C25H29ClO6. The number of aliphatic hydroxyl groups is 4. The number of benzene rings is 2. The van der Waals surface area contributed by atoms with Gasteiger partial charge in [-0.3, -0.25) is 0 Å². The van der Waals surface area contributed by atoms with Gasteiger partial charge in [-0.1, -0.05) is 41.9 Å². The molecule has 0 aromatic heterocycles. The molecule has 3 aliphatic rings. The normalized spacial score (nSPS) is 31.9. The number of hydrogen-bond acceptors (Lipinski definition) is 6. The Hall–Kier alpha value is -1.67. The molecule has 2 aromatic rings. The summed E-state index contributed by atoms with van der Waals surface area (Å²) in [5, 5.41) is 41.8. The molecule has 7 heteroatoms. The molecule has 2 aromatic carbocycles. The number of hydrogen-bond donors (Lipinski definition) is 4. The molecule has 0 bridgehead atoms. The molecule has 172 valence electrons. The fourth-order valence-electron chi connectivity index (χ4n) is 5.05. The first kappa shape index (κ1) is 22.1. The van der Waals surface area contributed by atoms with Crippen molar-refractivity contribution in [3.05, 3.63) is 63.2 Å². The van der Waals surface area contributed by atoms with Gasteiger partial charge in [-0.2, -0.15) is 0 Å². The molecule has 0 spiro atoms. The highest BCUT2D eigenvalue weighted by molar-refractivity contribution is 6.33. The van der Waals surface area contributed by atoms with Crippen LogP contribution in [0.5, 0.6) is 5.75 Å². The lowest BCUT2D eigenvalue weighted by molar-refractivity contribution is -0.273. The monoisotopic (exact) mass is 460 g/mol. The summed E-state index contributed by atoms with van der Waals surface area (Å²) in [5.74, 6) is 1.27. The SMILES string of the molecule is CC1(c2cc(Cc3ccc(C4CC4)cc3)c(Cl)c3c2CCO3)O[C@H](CO)[C@@H](O)[C@H](O)[C@H]1O. The third-order valence-corrected chi connectivity index (χ3v) is 7.56. The maximum absolute atomic E-state index is 10.9. The van der Waals surface area contributed by atoms with E-state index >= 15 is 0 Å². The Morgan fingerprint density at radius 1 is 1.09 bits per heavy atom. The summed E-state index contributed by atoms with van der Waals surface area (Å²) in [6.45, 7) is 1.65. The van der Waals surface area contributed by atoms with E-state index in [9.17, 15) is 20.4 Å². The van der Waals surface area contributed by atoms with Crippen LogP contribution >= 0.6 is 11.6 Å². The van der Waals surface area contributed by atoms with E-state index in [1.54, 1.807) is 6.92 Å². The molecule has 32 heavy (non-hydrogen) atoms. The van der Waals surface area contributed by atoms with Crippen LogP contribution in [0.25, 0.3) is 0 Å². The molecule has 6 nitrogen and oxygen atoms in total. The van der Waals surface area contributed by atoms with Crippen molar-refractivity contribution in [2.24, 2.45) is 0 Å². The van der Waals surface area contributed by atoms with Crippen LogP contribution in [0.2, 0.25) is 5.02 Å². The van der Waals surface area contributed by atoms with Gasteiger partial charge in [0.1, 0.15) is 35.8 Å². The van der Waals surface area contributed by atoms with Crippen molar-refractivity contribution in [1.29, 1.82) is 0 Å². The minimum atomic E-state index is -1.46. The van der Waals surface area contributed by atoms with Crippen molar-refractivity contribution in [1.82, 2.24) is 0 Å². The summed E-state index contributed by atoms with van der Waals surface area (Å²) < 4.78 is 11.9. The van der Waals surface area contributed by atoms with Crippen molar-refractivity contribution in [3.8, 4) is 5.75 Å². The summed E-state index contributed by atoms with van der Waals surface area (Å²) in [4.78, 5) is 0. The van der Waals surface area contributed by atoms with Crippen LogP contribution in [0.4, 0.5) is 0 Å². The Labute approximate surface area is 192 Å². The van der Waals surface area contributed by atoms with Crippen LogP contribution < -0.4 is 4.74 Å². The fourth-order valence-corrected chi connectivity index (χ4v) is 5.34. The molecule has 5 rings (SSSR count). The Morgan fingerprint density at radius 2 is 1.81 bits per heavy atom. The zero-order valence-corrected chi connectivity index (χ0v) is 18.8. The van der Waals surface area contributed by atoms with Gasteiger partial charge < -0.3 is 29.9 Å². The second-order valence-electron chi connectivity index (χ2n) is 9.37. The minimum Gasteiger partial charge on any atom is -0.491 e. The molecule has 0 radical (unpaired) electrons. The Kier molecular flexibility index (Phi) is 5.73. The van der Waals surface area contributed by atoms with E-state index in [0.29, 0.717) is 41.7 Å². The molecule has 0 amide bonds. The van der Waals surface area contributed by atoms with Crippen molar-refractivity contribution in [2.75, 3.05) is 13.2 Å². The van der Waals surface area contributed by atoms with E-state index in [4.69, 9.17) is 21.1 Å². The summed E-state index contributed by atoms with van der Waals surface area (Å²) in [5.41, 5.74) is 3.45. The second kappa shape index (κ2) is 8.28. The van der Waals surface area contributed by atoms with Gasteiger partial charge in [0, 0.05) is 12.0 Å². The molecule has 2 heterocycles. The van der Waals surface area contributed by atoms with E-state index in [2.05, 4.69) is 24.3 Å². The van der Waals surface area contributed by atoms with Crippen molar-refractivity contribution < 1.29 is 29.9 Å². The van der Waals surface area contributed by atoms with Gasteiger partial charge in [-0.05, 0) is 54.4 Å². The zero-order chi connectivity index (χ0) is 22.6. The van der Waals surface area contributed by atoms with Crippen LogP contribution in [0.15, 0.2) is 30.3 Å². The Balaban J connectivity index is 1.54. The number of aliphatic hydroxyl groups excluding tert-OH is 4. The molecule has 1 unspecified atom stereocenters. The molecule has 1 aliphatic carbocycles. The average Bonchev–Trinajstić information content (AvgIpc) is 3.53. The summed E-state index contributed by atoms with van der Waals surface area (Å²) in [7, 11) is 0. The van der Waals surface area contributed by atoms with Crippen LogP contribution in [-0.4, -0.2) is 58.1 Å². The molecule has 2 aliphatic heterocycles. The van der Waals surface area contributed by atoms with Gasteiger partial charge in [0.05, 0.1) is 18.2 Å². The second-order valence-corrected chi connectivity index (χ2v) is 9.75. The van der Waals surface area contributed by atoms with Crippen molar-refractivity contribution >= 4 is 11.6 Å². The third kappa shape index (κ3) is 3.63. The topological polar surface area (TPSA) is 99.4 Å². The first-order valence-electron chi connectivity index (χ1n) is 11.2. The van der Waals surface area contributed by atoms with Gasteiger partial charge in [0.25, 0.3) is 0 Å². The quantitative estimate of drug-likeness (QED) is 0.547. The minimum absolute atomic E-state index is 0.461. The molecule has 4 N–H and O–H groups in total. The van der Waals surface area contributed by atoms with Gasteiger partial charge in [0.15, 0.2) is 0 Å². The van der Waals surface area contributed by atoms with Gasteiger partial charge in [-0.25, -0.2) is 0 Å². The Morgan fingerprint density at radius 3 is 2.47 bits per heavy atom. The van der Waals surface area contributed by atoms with Crippen LogP contribution in [0, 0.1) is 0 Å². The number of ether oxygens (including phenoxy) is 2. The van der Waals surface area contributed by atoms with Crippen LogP contribution in [0.3, 0.4) is 0 Å². The smallest absolute Gasteiger partial charge is 0.141 e. The zero-order valence-electron chi connectivity index (χ0n) is 18.0. The Bertz CT molecular complexity index is 1000. The van der Waals surface area contributed by atoms with Gasteiger partial charge in [-0.15, -0.1) is 0 Å². The maximum Gasteiger partial charge on any atom is 0.141 e. The van der Waals surface area contributed by atoms with E-state index in [-0.39, 0.29) is 0 Å². The maximum atomic E-state index is 10.9. The number of halogens is 1. The molecule has 5 atom stereocenters. The van der Waals surface area contributed by atoms with Crippen molar-refractivity contribution in [3.63, 3.8) is 0 Å². The predicted molar refractivity (Wildman–Crippen MR) is 119 cm³/mol. The molecule has 2 fully saturated rings. The number of fused-ring (bicyclic) bond motifs is 1. The van der Waals surface area contributed by atoms with Gasteiger partial charge in [0.2, 0.25) is 0 Å². The first-order valence-corrected chi connectivity index (χ1v) is 11.6. The van der Waals surface area contributed by atoms with E-state index in [1.165, 1.54) is 18.4 Å². The lowest BCUT2D eigenvalue weighted by Crippen LogP contribution is -2.62. The van der Waals surface area contributed by atoms with E-state index in [0.717, 1.165) is 16.7 Å². The highest BCUT2D eigenvalue weighted by Crippen LogP contribution is 2.47.